The SMILES string of the molecule is CC(NC(=O)/C=C/c1ccc(C(=O)NC2CC2)cc1)c1ccc(C#N)cc1. The van der Waals surface area contributed by atoms with Crippen molar-refractivity contribution in [3.63, 3.8) is 0 Å². The van der Waals surface area contributed by atoms with E-state index in [1.807, 2.05) is 31.2 Å². The largest absolute Gasteiger partial charge is 0.349 e. The molecule has 3 rings (SSSR count). The molecule has 2 aromatic carbocycles. The van der Waals surface area contributed by atoms with Gasteiger partial charge in [0.05, 0.1) is 17.7 Å². The van der Waals surface area contributed by atoms with Gasteiger partial charge in [-0.25, -0.2) is 0 Å². The van der Waals surface area contributed by atoms with E-state index < -0.39 is 0 Å². The first kappa shape index (κ1) is 18.4. The quantitative estimate of drug-likeness (QED) is 0.776. The van der Waals surface area contributed by atoms with Crippen LogP contribution >= 0.6 is 0 Å². The lowest BCUT2D eigenvalue weighted by Crippen LogP contribution is -2.25. The summed E-state index contributed by atoms with van der Waals surface area (Å²) in [5.74, 6) is -0.260. The Kier molecular flexibility index (Phi) is 5.68. The van der Waals surface area contributed by atoms with Gasteiger partial charge in [0.1, 0.15) is 0 Å². The van der Waals surface area contributed by atoms with Gasteiger partial charge in [-0.3, -0.25) is 9.59 Å². The van der Waals surface area contributed by atoms with E-state index in [2.05, 4.69) is 16.7 Å². The second kappa shape index (κ2) is 8.33. The molecule has 1 aliphatic rings. The molecule has 0 radical (unpaired) electrons. The molecule has 0 saturated heterocycles. The van der Waals surface area contributed by atoms with E-state index in [4.69, 9.17) is 5.26 Å². The molecule has 0 aromatic heterocycles. The topological polar surface area (TPSA) is 82.0 Å². The van der Waals surface area contributed by atoms with Gasteiger partial charge < -0.3 is 10.6 Å². The monoisotopic (exact) mass is 359 g/mol. The van der Waals surface area contributed by atoms with Crippen molar-refractivity contribution in [1.29, 1.82) is 5.26 Å². The Hall–Kier alpha value is -3.39. The second-order valence-corrected chi connectivity index (χ2v) is 6.67. The minimum absolute atomic E-state index is 0.0537. The van der Waals surface area contributed by atoms with Gasteiger partial charge in [-0.2, -0.15) is 5.26 Å². The van der Waals surface area contributed by atoms with Crippen LogP contribution in [-0.4, -0.2) is 17.9 Å². The maximum atomic E-state index is 12.1. The third-order valence-electron chi connectivity index (χ3n) is 4.41. The number of rotatable bonds is 6. The van der Waals surface area contributed by atoms with Crippen molar-refractivity contribution in [3.8, 4) is 6.07 Å². The van der Waals surface area contributed by atoms with Gasteiger partial charge in [0.25, 0.3) is 5.91 Å². The number of carbonyl (C=O) groups excluding carboxylic acids is 2. The van der Waals surface area contributed by atoms with Crippen molar-refractivity contribution in [1.82, 2.24) is 10.6 Å². The van der Waals surface area contributed by atoms with Gasteiger partial charge in [-0.15, -0.1) is 0 Å². The highest BCUT2D eigenvalue weighted by Gasteiger charge is 2.23. The molecular formula is C22H21N3O2. The maximum absolute atomic E-state index is 12.1. The van der Waals surface area contributed by atoms with Crippen LogP contribution in [0.15, 0.2) is 54.6 Å². The third-order valence-corrected chi connectivity index (χ3v) is 4.41. The van der Waals surface area contributed by atoms with Crippen LogP contribution in [0.4, 0.5) is 0 Å². The van der Waals surface area contributed by atoms with Gasteiger partial charge >= 0.3 is 0 Å². The number of nitriles is 1. The highest BCUT2D eigenvalue weighted by molar-refractivity contribution is 5.95. The van der Waals surface area contributed by atoms with Crippen LogP contribution in [0.5, 0.6) is 0 Å². The average molecular weight is 359 g/mol. The summed E-state index contributed by atoms with van der Waals surface area (Å²) in [6.45, 7) is 1.89. The van der Waals surface area contributed by atoms with Crippen LogP contribution < -0.4 is 10.6 Å². The van der Waals surface area contributed by atoms with E-state index in [9.17, 15) is 9.59 Å². The predicted octanol–water partition coefficient (Wildman–Crippen LogP) is 3.34. The van der Waals surface area contributed by atoms with Crippen LogP contribution in [0.1, 0.15) is 52.9 Å². The summed E-state index contributed by atoms with van der Waals surface area (Å²) in [5, 5.41) is 14.7. The summed E-state index contributed by atoms with van der Waals surface area (Å²) in [4.78, 5) is 24.1. The Balaban J connectivity index is 1.54. The van der Waals surface area contributed by atoms with Gasteiger partial charge in [0.15, 0.2) is 0 Å². The lowest BCUT2D eigenvalue weighted by Gasteiger charge is -2.12. The first-order chi connectivity index (χ1) is 13.0. The number of benzene rings is 2. The maximum Gasteiger partial charge on any atom is 0.251 e. The average Bonchev–Trinajstić information content (AvgIpc) is 3.50. The molecule has 1 atom stereocenters. The first-order valence-electron chi connectivity index (χ1n) is 8.95. The molecule has 1 fully saturated rings. The van der Waals surface area contributed by atoms with Crippen molar-refractivity contribution in [2.45, 2.75) is 31.8 Å². The Labute approximate surface area is 158 Å². The van der Waals surface area contributed by atoms with E-state index in [1.54, 1.807) is 30.3 Å². The number of nitrogens with one attached hydrogen (secondary N) is 2. The molecule has 0 heterocycles. The molecule has 136 valence electrons. The molecule has 1 aliphatic carbocycles. The lowest BCUT2D eigenvalue weighted by molar-refractivity contribution is -0.117. The Morgan fingerprint density at radius 2 is 1.78 bits per heavy atom. The van der Waals surface area contributed by atoms with Gasteiger partial charge in [0, 0.05) is 17.7 Å². The Bertz CT molecular complexity index is 889. The molecule has 0 bridgehead atoms. The molecule has 2 aromatic rings. The zero-order chi connectivity index (χ0) is 19.2. The highest BCUT2D eigenvalue weighted by Crippen LogP contribution is 2.19. The van der Waals surface area contributed by atoms with E-state index in [0.29, 0.717) is 17.2 Å². The van der Waals surface area contributed by atoms with Gasteiger partial charge in [-0.1, -0.05) is 24.3 Å². The fourth-order valence-electron chi connectivity index (χ4n) is 2.61. The summed E-state index contributed by atoms with van der Waals surface area (Å²) >= 11 is 0. The number of hydrogen-bond acceptors (Lipinski definition) is 3. The van der Waals surface area contributed by atoms with Crippen molar-refractivity contribution >= 4 is 17.9 Å². The molecule has 1 saturated carbocycles. The van der Waals surface area contributed by atoms with Gasteiger partial charge in [-0.05, 0) is 61.2 Å². The van der Waals surface area contributed by atoms with Crippen molar-refractivity contribution in [2.24, 2.45) is 0 Å². The normalized spacial score (nSPS) is 14.4. The van der Waals surface area contributed by atoms with Crippen molar-refractivity contribution in [3.05, 3.63) is 76.9 Å². The summed E-state index contributed by atoms with van der Waals surface area (Å²) in [5.41, 5.74) is 2.99. The van der Waals surface area contributed by atoms with Crippen LogP contribution in [0.25, 0.3) is 6.08 Å². The summed E-state index contributed by atoms with van der Waals surface area (Å²) in [6.07, 6.45) is 5.30. The minimum atomic E-state index is -0.206. The minimum Gasteiger partial charge on any atom is -0.349 e. The first-order valence-corrected chi connectivity index (χ1v) is 8.95. The lowest BCUT2D eigenvalue weighted by atomic mass is 10.1. The second-order valence-electron chi connectivity index (χ2n) is 6.67. The molecule has 5 nitrogen and oxygen atoms in total. The summed E-state index contributed by atoms with van der Waals surface area (Å²) in [6, 6.07) is 16.5. The molecule has 0 spiro atoms. The molecule has 2 amide bonds. The van der Waals surface area contributed by atoms with Crippen LogP contribution in [0, 0.1) is 11.3 Å². The molecule has 5 heteroatoms. The smallest absolute Gasteiger partial charge is 0.251 e. The van der Waals surface area contributed by atoms with E-state index in [0.717, 1.165) is 24.0 Å². The fourth-order valence-corrected chi connectivity index (χ4v) is 2.61. The van der Waals surface area contributed by atoms with Crippen molar-refractivity contribution < 1.29 is 9.59 Å². The van der Waals surface area contributed by atoms with Crippen LogP contribution in [0.2, 0.25) is 0 Å². The summed E-state index contributed by atoms with van der Waals surface area (Å²) in [7, 11) is 0. The van der Waals surface area contributed by atoms with E-state index in [1.165, 1.54) is 6.08 Å². The molecule has 27 heavy (non-hydrogen) atoms. The predicted molar refractivity (Wildman–Crippen MR) is 104 cm³/mol. The van der Waals surface area contributed by atoms with Crippen LogP contribution in [-0.2, 0) is 4.79 Å². The van der Waals surface area contributed by atoms with E-state index >= 15 is 0 Å². The third kappa shape index (κ3) is 5.29. The van der Waals surface area contributed by atoms with Crippen LogP contribution in [0.3, 0.4) is 0 Å². The summed E-state index contributed by atoms with van der Waals surface area (Å²) < 4.78 is 0. The number of nitrogens with zero attached hydrogens (tertiary/aromatic N) is 1. The highest BCUT2D eigenvalue weighted by atomic mass is 16.2. The zero-order valence-electron chi connectivity index (χ0n) is 15.1. The standard InChI is InChI=1S/C22H21N3O2/c1-15(18-7-4-17(14-23)5-8-18)24-21(26)13-6-16-2-9-19(10-3-16)22(27)25-20-11-12-20/h2-10,13,15,20H,11-12H2,1H3,(H,24,26)(H,25,27)/b13-6+. The number of amides is 2. The number of carbonyl (C=O) groups is 2. The molecule has 1 unspecified atom stereocenters. The van der Waals surface area contributed by atoms with Gasteiger partial charge in [0.2, 0.25) is 5.91 Å². The molecule has 2 N–H and O–H groups in total. The Morgan fingerprint density at radius 3 is 2.37 bits per heavy atom. The fraction of sp³-hybridized carbons (Fsp3) is 0.227. The van der Waals surface area contributed by atoms with E-state index in [-0.39, 0.29) is 17.9 Å². The number of hydrogen-bond donors (Lipinski definition) is 2. The Morgan fingerprint density at radius 1 is 1.11 bits per heavy atom. The molecular weight excluding hydrogens is 338 g/mol. The zero-order valence-corrected chi connectivity index (χ0v) is 15.1. The molecule has 0 aliphatic heterocycles. The van der Waals surface area contributed by atoms with Crippen molar-refractivity contribution in [2.75, 3.05) is 0 Å².